The predicted octanol–water partition coefficient (Wildman–Crippen LogP) is 2.72. The zero-order valence-electron chi connectivity index (χ0n) is 16.1. The fourth-order valence-electron chi connectivity index (χ4n) is 3.31. The van der Waals surface area contributed by atoms with Crippen molar-refractivity contribution in [1.29, 1.82) is 0 Å². The normalized spacial score (nSPS) is 23.1. The third kappa shape index (κ3) is 5.68. The number of urea groups is 1. The third-order valence-corrected chi connectivity index (χ3v) is 4.78. The smallest absolute Gasteiger partial charge is 0.315 e. The summed E-state index contributed by atoms with van der Waals surface area (Å²) in [6, 6.07) is 3.74. The van der Waals surface area contributed by atoms with E-state index in [1.54, 1.807) is 12.4 Å². The molecular formula is C19H32N4O2. The molecule has 1 aromatic rings. The maximum Gasteiger partial charge on any atom is 0.315 e. The summed E-state index contributed by atoms with van der Waals surface area (Å²) in [6.07, 6.45) is 4.77. The Hall–Kier alpha value is -1.66. The molecule has 2 rings (SSSR count). The predicted molar refractivity (Wildman–Crippen MR) is 99.5 cm³/mol. The first-order valence-electron chi connectivity index (χ1n) is 9.16. The lowest BCUT2D eigenvalue weighted by atomic mass is 10.00. The summed E-state index contributed by atoms with van der Waals surface area (Å²) in [5.41, 5.74) is 0.949. The van der Waals surface area contributed by atoms with Crippen molar-refractivity contribution in [2.45, 2.75) is 64.8 Å². The Kier molecular flexibility index (Phi) is 6.79. The molecule has 3 atom stereocenters. The van der Waals surface area contributed by atoms with Crippen molar-refractivity contribution in [2.75, 3.05) is 19.6 Å². The Balaban J connectivity index is 1.87. The lowest BCUT2D eigenvalue weighted by molar-refractivity contribution is -0.0947. The Morgan fingerprint density at radius 2 is 1.92 bits per heavy atom. The monoisotopic (exact) mass is 348 g/mol. The van der Waals surface area contributed by atoms with Gasteiger partial charge in [-0.2, -0.15) is 0 Å². The molecule has 140 valence electrons. The number of amides is 2. The Labute approximate surface area is 151 Å². The molecule has 0 saturated carbocycles. The number of carbonyl (C=O) groups excluding carboxylic acids is 1. The Bertz CT molecular complexity index is 540. The molecule has 1 aliphatic rings. The molecule has 1 aromatic heterocycles. The molecule has 2 N–H and O–H groups in total. The number of hydrogen-bond acceptors (Lipinski definition) is 4. The molecule has 0 aliphatic carbocycles. The van der Waals surface area contributed by atoms with Gasteiger partial charge in [-0.1, -0.05) is 6.92 Å². The van der Waals surface area contributed by atoms with Crippen LogP contribution in [0.4, 0.5) is 4.79 Å². The van der Waals surface area contributed by atoms with Crippen molar-refractivity contribution in [3.05, 3.63) is 30.1 Å². The fourth-order valence-corrected chi connectivity index (χ4v) is 3.31. The van der Waals surface area contributed by atoms with Gasteiger partial charge in [0.15, 0.2) is 0 Å². The van der Waals surface area contributed by atoms with E-state index in [2.05, 4.69) is 55.1 Å². The van der Waals surface area contributed by atoms with Crippen LogP contribution in [0.5, 0.6) is 0 Å². The van der Waals surface area contributed by atoms with Gasteiger partial charge in [0.1, 0.15) is 0 Å². The summed E-state index contributed by atoms with van der Waals surface area (Å²) < 4.78 is 5.81. The van der Waals surface area contributed by atoms with Crippen LogP contribution in [0.3, 0.4) is 0 Å². The molecule has 1 saturated heterocycles. The largest absolute Gasteiger partial charge is 0.373 e. The molecule has 6 heteroatoms. The summed E-state index contributed by atoms with van der Waals surface area (Å²) in [5.74, 6) is 0. The highest BCUT2D eigenvalue weighted by molar-refractivity contribution is 5.74. The zero-order chi connectivity index (χ0) is 18.4. The topological polar surface area (TPSA) is 66.5 Å². The van der Waals surface area contributed by atoms with E-state index in [-0.39, 0.29) is 29.8 Å². The highest BCUT2D eigenvalue weighted by Gasteiger charge is 2.33. The van der Waals surface area contributed by atoms with Crippen molar-refractivity contribution in [1.82, 2.24) is 20.5 Å². The zero-order valence-corrected chi connectivity index (χ0v) is 16.1. The fraction of sp³-hybridized carbons (Fsp3) is 0.684. The van der Waals surface area contributed by atoms with Crippen molar-refractivity contribution >= 4 is 6.03 Å². The SMILES string of the molecule is CC[C@@H](NC(=O)NCC(C)(C)N1C[C@@H](C)O[C@@H](C)C1)c1ccncc1. The van der Waals surface area contributed by atoms with Crippen LogP contribution in [-0.2, 0) is 4.74 Å². The van der Waals surface area contributed by atoms with Gasteiger partial charge in [-0.3, -0.25) is 9.88 Å². The van der Waals surface area contributed by atoms with Gasteiger partial charge in [-0.15, -0.1) is 0 Å². The van der Waals surface area contributed by atoms with Crippen LogP contribution in [0.2, 0.25) is 0 Å². The van der Waals surface area contributed by atoms with Gasteiger partial charge in [0.25, 0.3) is 0 Å². The highest BCUT2D eigenvalue weighted by Crippen LogP contribution is 2.21. The van der Waals surface area contributed by atoms with Crippen LogP contribution >= 0.6 is 0 Å². The minimum atomic E-state index is -0.133. The molecule has 2 amide bonds. The number of ether oxygens (including phenoxy) is 1. The average Bonchev–Trinajstić information content (AvgIpc) is 2.58. The minimum absolute atomic E-state index is 0.00505. The first kappa shape index (κ1) is 19.7. The van der Waals surface area contributed by atoms with Gasteiger partial charge in [-0.05, 0) is 51.8 Å². The van der Waals surface area contributed by atoms with E-state index >= 15 is 0 Å². The first-order chi connectivity index (χ1) is 11.8. The van der Waals surface area contributed by atoms with E-state index in [9.17, 15) is 4.79 Å². The Morgan fingerprint density at radius 1 is 1.32 bits per heavy atom. The van der Waals surface area contributed by atoms with Gasteiger partial charge >= 0.3 is 6.03 Å². The summed E-state index contributed by atoms with van der Waals surface area (Å²) in [5, 5.41) is 6.09. The summed E-state index contributed by atoms with van der Waals surface area (Å²) >= 11 is 0. The van der Waals surface area contributed by atoms with Crippen LogP contribution in [-0.4, -0.2) is 53.3 Å². The molecule has 1 fully saturated rings. The van der Waals surface area contributed by atoms with E-state index in [1.165, 1.54) is 0 Å². The van der Waals surface area contributed by atoms with E-state index in [1.807, 2.05) is 12.1 Å². The first-order valence-corrected chi connectivity index (χ1v) is 9.16. The van der Waals surface area contributed by atoms with Crippen molar-refractivity contribution < 1.29 is 9.53 Å². The number of rotatable bonds is 6. The van der Waals surface area contributed by atoms with E-state index < -0.39 is 0 Å². The summed E-state index contributed by atoms with van der Waals surface area (Å²) in [4.78, 5) is 18.8. The number of morpholine rings is 1. The van der Waals surface area contributed by atoms with Crippen LogP contribution in [0.15, 0.2) is 24.5 Å². The molecule has 0 radical (unpaired) electrons. The van der Waals surface area contributed by atoms with Gasteiger partial charge in [0, 0.05) is 37.6 Å². The van der Waals surface area contributed by atoms with Gasteiger partial charge in [-0.25, -0.2) is 4.79 Å². The molecule has 25 heavy (non-hydrogen) atoms. The average molecular weight is 348 g/mol. The van der Waals surface area contributed by atoms with Gasteiger partial charge < -0.3 is 15.4 Å². The molecular weight excluding hydrogens is 316 g/mol. The molecule has 0 unspecified atom stereocenters. The summed E-state index contributed by atoms with van der Waals surface area (Å²) in [6.45, 7) is 12.9. The van der Waals surface area contributed by atoms with Crippen molar-refractivity contribution in [3.63, 3.8) is 0 Å². The van der Waals surface area contributed by atoms with Crippen LogP contribution in [0, 0.1) is 0 Å². The number of aromatic nitrogens is 1. The quantitative estimate of drug-likeness (QED) is 0.829. The van der Waals surface area contributed by atoms with Crippen LogP contribution < -0.4 is 10.6 Å². The maximum absolute atomic E-state index is 12.4. The standard InChI is InChI=1S/C19H32N4O2/c1-6-17(16-7-9-20-10-8-16)22-18(24)21-13-19(4,5)23-11-14(2)25-15(3)12-23/h7-10,14-15,17H,6,11-13H2,1-5H3,(H2,21,22,24)/t14-,15+,17-/m1/s1. The summed E-state index contributed by atoms with van der Waals surface area (Å²) in [7, 11) is 0. The molecule has 1 aliphatic heterocycles. The minimum Gasteiger partial charge on any atom is -0.373 e. The highest BCUT2D eigenvalue weighted by atomic mass is 16.5. The van der Waals surface area contributed by atoms with Crippen molar-refractivity contribution in [2.24, 2.45) is 0 Å². The van der Waals surface area contributed by atoms with Crippen molar-refractivity contribution in [3.8, 4) is 0 Å². The van der Waals surface area contributed by atoms with E-state index in [0.717, 1.165) is 25.1 Å². The van der Waals surface area contributed by atoms with Crippen LogP contribution in [0.25, 0.3) is 0 Å². The second-order valence-corrected chi connectivity index (χ2v) is 7.54. The van der Waals surface area contributed by atoms with Crippen LogP contribution in [0.1, 0.15) is 52.6 Å². The number of nitrogens with zero attached hydrogens (tertiary/aromatic N) is 2. The molecule has 0 spiro atoms. The molecule has 0 bridgehead atoms. The molecule has 0 aromatic carbocycles. The maximum atomic E-state index is 12.4. The lowest BCUT2D eigenvalue weighted by Gasteiger charge is -2.45. The van der Waals surface area contributed by atoms with Gasteiger partial charge in [0.2, 0.25) is 0 Å². The number of hydrogen-bond donors (Lipinski definition) is 2. The van der Waals surface area contributed by atoms with E-state index in [0.29, 0.717) is 6.54 Å². The lowest BCUT2D eigenvalue weighted by Crippen LogP contribution is -2.59. The molecule has 6 nitrogen and oxygen atoms in total. The Morgan fingerprint density at radius 3 is 2.48 bits per heavy atom. The second kappa shape index (κ2) is 8.63. The number of nitrogens with one attached hydrogen (secondary N) is 2. The third-order valence-electron chi connectivity index (χ3n) is 4.78. The number of carbonyl (C=O) groups is 1. The molecule has 2 heterocycles. The van der Waals surface area contributed by atoms with Gasteiger partial charge in [0.05, 0.1) is 18.2 Å². The van der Waals surface area contributed by atoms with E-state index in [4.69, 9.17) is 4.74 Å². The number of pyridine rings is 1. The second-order valence-electron chi connectivity index (χ2n) is 7.54.